The molecular formula is C25H23N3OS. The van der Waals surface area contributed by atoms with Gasteiger partial charge >= 0.3 is 0 Å². The van der Waals surface area contributed by atoms with E-state index in [4.69, 9.17) is 9.98 Å². The standard InChI is InChI=1S/C25H23N3OS/c1-17-10-12-19(13-11-17)23-15-25(28-22-9-4-3-8-21(22)27-23)30-16-24(29)26-20-7-5-6-18(2)14-20/h3-14H,15-16H2,1-2H3,(H,26,29). The van der Waals surface area contributed by atoms with Crippen molar-refractivity contribution in [2.45, 2.75) is 20.3 Å². The molecule has 3 aromatic rings. The molecule has 0 spiro atoms. The van der Waals surface area contributed by atoms with Gasteiger partial charge < -0.3 is 5.32 Å². The zero-order valence-electron chi connectivity index (χ0n) is 17.1. The van der Waals surface area contributed by atoms with Crippen molar-refractivity contribution in [2.75, 3.05) is 11.1 Å². The Morgan fingerprint density at radius 3 is 2.37 bits per heavy atom. The minimum Gasteiger partial charge on any atom is -0.325 e. The highest BCUT2D eigenvalue weighted by Crippen LogP contribution is 2.33. The van der Waals surface area contributed by atoms with E-state index in [1.54, 1.807) is 0 Å². The van der Waals surface area contributed by atoms with Crippen LogP contribution in [0, 0.1) is 13.8 Å². The Bertz CT molecular complexity index is 1130. The maximum absolute atomic E-state index is 12.5. The fourth-order valence-corrected chi connectivity index (χ4v) is 3.99. The molecule has 4 nitrogen and oxygen atoms in total. The number of rotatable bonds is 4. The molecule has 0 saturated heterocycles. The van der Waals surface area contributed by atoms with Crippen molar-refractivity contribution < 1.29 is 4.79 Å². The third-order valence-electron chi connectivity index (χ3n) is 4.76. The maximum atomic E-state index is 12.5. The normalized spacial score (nSPS) is 13.0. The summed E-state index contributed by atoms with van der Waals surface area (Å²) in [6, 6.07) is 24.0. The molecule has 1 N–H and O–H groups in total. The number of nitrogens with one attached hydrogen (secondary N) is 1. The molecule has 0 unspecified atom stereocenters. The van der Waals surface area contributed by atoms with Crippen molar-refractivity contribution in [2.24, 2.45) is 9.98 Å². The summed E-state index contributed by atoms with van der Waals surface area (Å²) in [6.07, 6.45) is 0.597. The number of carbonyl (C=O) groups is 1. The lowest BCUT2D eigenvalue weighted by Crippen LogP contribution is -2.16. The van der Waals surface area contributed by atoms with Crippen LogP contribution in [-0.2, 0) is 4.79 Å². The molecule has 0 atom stereocenters. The average Bonchev–Trinajstić information content (AvgIpc) is 2.92. The second-order valence-corrected chi connectivity index (χ2v) is 8.35. The lowest BCUT2D eigenvalue weighted by atomic mass is 10.1. The first-order chi connectivity index (χ1) is 14.6. The Kier molecular flexibility index (Phi) is 6.10. The van der Waals surface area contributed by atoms with Crippen LogP contribution < -0.4 is 5.32 Å². The largest absolute Gasteiger partial charge is 0.325 e. The van der Waals surface area contributed by atoms with Crippen LogP contribution in [0.5, 0.6) is 0 Å². The summed E-state index contributed by atoms with van der Waals surface area (Å²) in [6.45, 7) is 4.08. The van der Waals surface area contributed by atoms with Crippen LogP contribution in [0.25, 0.3) is 0 Å². The first kappa shape index (κ1) is 20.1. The van der Waals surface area contributed by atoms with Crippen LogP contribution in [0.3, 0.4) is 0 Å². The van der Waals surface area contributed by atoms with Crippen molar-refractivity contribution in [3.05, 3.63) is 89.5 Å². The molecule has 1 heterocycles. The molecule has 0 aliphatic carbocycles. The van der Waals surface area contributed by atoms with E-state index in [2.05, 4.69) is 36.5 Å². The summed E-state index contributed by atoms with van der Waals surface area (Å²) in [4.78, 5) is 22.2. The SMILES string of the molecule is Cc1ccc(C2=Nc3ccccc3N=C(SCC(=O)Nc3cccc(C)c3)C2)cc1. The number of aryl methyl sites for hydroxylation is 2. The lowest BCUT2D eigenvalue weighted by molar-refractivity contribution is -0.113. The van der Waals surface area contributed by atoms with Gasteiger partial charge in [0.05, 0.1) is 27.9 Å². The van der Waals surface area contributed by atoms with Gasteiger partial charge in [0.25, 0.3) is 0 Å². The Morgan fingerprint density at radius 2 is 1.63 bits per heavy atom. The Hall–Kier alpha value is -3.18. The first-order valence-corrected chi connectivity index (χ1v) is 10.9. The molecule has 150 valence electrons. The predicted molar refractivity (Wildman–Crippen MR) is 128 cm³/mol. The molecule has 1 aliphatic heterocycles. The second-order valence-electron chi connectivity index (χ2n) is 7.30. The van der Waals surface area contributed by atoms with Crippen molar-refractivity contribution >= 4 is 45.5 Å². The van der Waals surface area contributed by atoms with E-state index in [9.17, 15) is 4.79 Å². The summed E-state index contributed by atoms with van der Waals surface area (Å²) in [5, 5.41) is 3.85. The monoisotopic (exact) mass is 413 g/mol. The van der Waals surface area contributed by atoms with Gasteiger partial charge in [-0.25, -0.2) is 4.99 Å². The predicted octanol–water partition coefficient (Wildman–Crippen LogP) is 6.23. The fourth-order valence-electron chi connectivity index (χ4n) is 3.22. The molecular weight excluding hydrogens is 390 g/mol. The van der Waals surface area contributed by atoms with Gasteiger partial charge in [-0.2, -0.15) is 0 Å². The molecule has 3 aromatic carbocycles. The quantitative estimate of drug-likeness (QED) is 0.551. The van der Waals surface area contributed by atoms with E-state index >= 15 is 0 Å². The smallest absolute Gasteiger partial charge is 0.234 e. The Balaban J connectivity index is 1.52. The van der Waals surface area contributed by atoms with Crippen LogP contribution in [0.4, 0.5) is 17.1 Å². The topological polar surface area (TPSA) is 53.8 Å². The van der Waals surface area contributed by atoms with Gasteiger partial charge in [-0.1, -0.05) is 54.1 Å². The van der Waals surface area contributed by atoms with Crippen LogP contribution in [0.2, 0.25) is 0 Å². The maximum Gasteiger partial charge on any atom is 0.234 e. The van der Waals surface area contributed by atoms with Gasteiger partial charge in [0, 0.05) is 12.1 Å². The number of para-hydroxylation sites is 2. The van der Waals surface area contributed by atoms with Crippen molar-refractivity contribution in [3.8, 4) is 0 Å². The highest BCUT2D eigenvalue weighted by molar-refractivity contribution is 8.14. The van der Waals surface area contributed by atoms with Crippen molar-refractivity contribution in [1.29, 1.82) is 0 Å². The second kappa shape index (κ2) is 9.09. The number of anilines is 1. The van der Waals surface area contributed by atoms with Crippen LogP contribution in [0.1, 0.15) is 23.1 Å². The van der Waals surface area contributed by atoms with Crippen LogP contribution in [0.15, 0.2) is 82.8 Å². The summed E-state index contributed by atoms with van der Waals surface area (Å²) in [7, 11) is 0. The van der Waals surface area contributed by atoms with E-state index in [1.165, 1.54) is 17.3 Å². The number of hydrogen-bond donors (Lipinski definition) is 1. The van der Waals surface area contributed by atoms with Gasteiger partial charge in [0.1, 0.15) is 0 Å². The number of thioether (sulfide) groups is 1. The average molecular weight is 414 g/mol. The number of carbonyl (C=O) groups excluding carboxylic acids is 1. The molecule has 1 amide bonds. The van der Waals surface area contributed by atoms with Gasteiger partial charge in [-0.15, -0.1) is 11.8 Å². The minimum absolute atomic E-state index is 0.0420. The van der Waals surface area contributed by atoms with Crippen LogP contribution in [-0.4, -0.2) is 22.4 Å². The molecule has 0 aromatic heterocycles. The van der Waals surface area contributed by atoms with Crippen LogP contribution >= 0.6 is 11.8 Å². The Morgan fingerprint density at radius 1 is 0.900 bits per heavy atom. The number of aliphatic imine (C=N–C) groups is 2. The van der Waals surface area contributed by atoms with E-state index < -0.39 is 0 Å². The first-order valence-electron chi connectivity index (χ1n) is 9.87. The zero-order chi connectivity index (χ0) is 20.9. The molecule has 1 aliphatic rings. The molecule has 4 rings (SSSR count). The number of nitrogens with zero attached hydrogens (tertiary/aromatic N) is 2. The zero-order valence-corrected chi connectivity index (χ0v) is 17.9. The molecule has 5 heteroatoms. The van der Waals surface area contributed by atoms with Gasteiger partial charge in [-0.3, -0.25) is 9.79 Å². The lowest BCUT2D eigenvalue weighted by Gasteiger charge is -2.09. The summed E-state index contributed by atoms with van der Waals surface area (Å²) in [5.74, 6) is 0.260. The third-order valence-corrected chi connectivity index (χ3v) is 5.73. The molecule has 0 saturated carbocycles. The van der Waals surface area contributed by atoms with Gasteiger partial charge in [-0.05, 0) is 49.2 Å². The molecule has 0 fully saturated rings. The van der Waals surface area contributed by atoms with E-state index in [0.29, 0.717) is 12.2 Å². The number of fused-ring (bicyclic) bond motifs is 1. The highest BCUT2D eigenvalue weighted by Gasteiger charge is 2.16. The number of amides is 1. The van der Waals surface area contributed by atoms with Crippen molar-refractivity contribution in [3.63, 3.8) is 0 Å². The fraction of sp³-hybridized carbons (Fsp3) is 0.160. The van der Waals surface area contributed by atoms with E-state index in [-0.39, 0.29) is 5.91 Å². The molecule has 0 bridgehead atoms. The third kappa shape index (κ3) is 5.05. The molecule has 30 heavy (non-hydrogen) atoms. The number of benzene rings is 3. The van der Waals surface area contributed by atoms with Crippen molar-refractivity contribution in [1.82, 2.24) is 0 Å². The summed E-state index contributed by atoms with van der Waals surface area (Å²) < 4.78 is 0. The Labute approximate surface area is 181 Å². The summed E-state index contributed by atoms with van der Waals surface area (Å²) in [5.41, 5.74) is 6.87. The van der Waals surface area contributed by atoms with Gasteiger partial charge in [0.15, 0.2) is 0 Å². The summed E-state index contributed by atoms with van der Waals surface area (Å²) >= 11 is 1.46. The molecule has 0 radical (unpaired) electrons. The number of hydrogen-bond acceptors (Lipinski definition) is 4. The van der Waals surface area contributed by atoms with Gasteiger partial charge in [0.2, 0.25) is 5.91 Å². The van der Waals surface area contributed by atoms with E-state index in [0.717, 1.165) is 38.9 Å². The minimum atomic E-state index is -0.0420. The highest BCUT2D eigenvalue weighted by atomic mass is 32.2. The van der Waals surface area contributed by atoms with E-state index in [1.807, 2.05) is 55.5 Å².